The molecule has 13 heavy (non-hydrogen) atoms. The van der Waals surface area contributed by atoms with E-state index in [1.807, 2.05) is 0 Å². The molecule has 0 saturated carbocycles. The molecule has 1 N–H and O–H groups in total. The largest absolute Gasteiger partial charge is 0.390 e. The quantitative estimate of drug-likeness (QED) is 0.714. The molecular weight excluding hydrogens is 181 g/mol. The molecule has 0 aromatic rings. The van der Waals surface area contributed by atoms with Gasteiger partial charge < -0.3 is 5.32 Å². The van der Waals surface area contributed by atoms with Gasteiger partial charge >= 0.3 is 6.18 Å². The maximum atomic E-state index is 11.8. The third-order valence-electron chi connectivity index (χ3n) is 1.93. The van der Waals surface area contributed by atoms with E-state index in [9.17, 15) is 13.2 Å². The summed E-state index contributed by atoms with van der Waals surface area (Å²) in [7, 11) is 0. The minimum absolute atomic E-state index is 0.0736. The first kappa shape index (κ1) is 10.4. The Balaban J connectivity index is 2.25. The van der Waals surface area contributed by atoms with Crippen LogP contribution in [0.5, 0.6) is 0 Å². The first-order valence-corrected chi connectivity index (χ1v) is 4.18. The number of nitrogens with one attached hydrogen (secondary N) is 1. The van der Waals surface area contributed by atoms with Crippen molar-refractivity contribution in [3.8, 4) is 0 Å². The van der Waals surface area contributed by atoms with E-state index in [0.717, 1.165) is 5.70 Å². The van der Waals surface area contributed by atoms with E-state index >= 15 is 0 Å². The molecule has 0 atom stereocenters. The van der Waals surface area contributed by atoms with Crippen LogP contribution < -0.4 is 5.32 Å². The van der Waals surface area contributed by atoms with Gasteiger partial charge in [-0.1, -0.05) is 6.58 Å². The molecule has 0 aromatic carbocycles. The van der Waals surface area contributed by atoms with Crippen molar-refractivity contribution >= 4 is 0 Å². The Bertz CT molecular complexity index is 188. The van der Waals surface area contributed by atoms with Gasteiger partial charge in [0.05, 0.1) is 6.42 Å². The van der Waals surface area contributed by atoms with Gasteiger partial charge in [-0.2, -0.15) is 13.2 Å². The molecule has 1 fully saturated rings. The number of hydrogen-bond acceptors (Lipinski definition) is 2. The van der Waals surface area contributed by atoms with Crippen molar-refractivity contribution in [3.05, 3.63) is 12.3 Å². The Morgan fingerprint density at radius 3 is 2.69 bits per heavy atom. The van der Waals surface area contributed by atoms with Gasteiger partial charge in [0.2, 0.25) is 0 Å². The molecule has 0 amide bonds. The Morgan fingerprint density at radius 1 is 1.46 bits per heavy atom. The van der Waals surface area contributed by atoms with Crippen LogP contribution in [-0.2, 0) is 0 Å². The lowest BCUT2D eigenvalue weighted by Gasteiger charge is -2.29. The van der Waals surface area contributed by atoms with E-state index in [1.165, 1.54) is 0 Å². The van der Waals surface area contributed by atoms with E-state index in [2.05, 4.69) is 11.9 Å². The van der Waals surface area contributed by atoms with Gasteiger partial charge in [0.15, 0.2) is 0 Å². The van der Waals surface area contributed by atoms with Crippen molar-refractivity contribution < 1.29 is 13.2 Å². The second-order valence-electron chi connectivity index (χ2n) is 3.17. The third kappa shape index (κ3) is 4.17. The molecule has 0 radical (unpaired) electrons. The Labute approximate surface area is 75.4 Å². The van der Waals surface area contributed by atoms with Gasteiger partial charge in [0.1, 0.15) is 0 Å². The third-order valence-corrected chi connectivity index (χ3v) is 1.93. The van der Waals surface area contributed by atoms with Crippen molar-refractivity contribution in [1.82, 2.24) is 10.2 Å². The van der Waals surface area contributed by atoms with Crippen LogP contribution in [0.2, 0.25) is 0 Å². The molecule has 0 bridgehead atoms. The Kier molecular flexibility index (Phi) is 3.19. The standard InChI is InChI=1S/C8H13F3N2/c1-7-6-13(5-3-12-7)4-2-8(9,10)11/h12H,1-6H2. The average Bonchev–Trinajstić information content (AvgIpc) is 2.00. The van der Waals surface area contributed by atoms with Gasteiger partial charge in [-0.25, -0.2) is 0 Å². The SMILES string of the molecule is C=C1CN(CCC(F)(F)F)CCN1. The second-order valence-corrected chi connectivity index (χ2v) is 3.17. The van der Waals surface area contributed by atoms with E-state index < -0.39 is 12.6 Å². The summed E-state index contributed by atoms with van der Waals surface area (Å²) in [6.45, 7) is 5.63. The molecule has 1 heterocycles. The number of hydrogen-bond donors (Lipinski definition) is 1. The topological polar surface area (TPSA) is 15.3 Å². The molecule has 1 rings (SSSR count). The van der Waals surface area contributed by atoms with Crippen LogP contribution in [0.3, 0.4) is 0 Å². The Hall–Kier alpha value is -0.710. The van der Waals surface area contributed by atoms with E-state index in [4.69, 9.17) is 0 Å². The van der Waals surface area contributed by atoms with Crippen LogP contribution in [0.1, 0.15) is 6.42 Å². The molecular formula is C8H13F3N2. The van der Waals surface area contributed by atoms with E-state index in [1.54, 1.807) is 4.90 Å². The molecule has 0 aliphatic carbocycles. The first-order chi connectivity index (χ1) is 5.97. The van der Waals surface area contributed by atoms with Crippen LogP contribution >= 0.6 is 0 Å². The minimum atomic E-state index is -4.05. The van der Waals surface area contributed by atoms with Crippen LogP contribution in [0, 0.1) is 0 Å². The predicted octanol–water partition coefficient (Wildman–Crippen LogP) is 1.36. The lowest BCUT2D eigenvalue weighted by atomic mass is 10.3. The van der Waals surface area contributed by atoms with Crippen molar-refractivity contribution in [2.45, 2.75) is 12.6 Å². The Morgan fingerprint density at radius 2 is 2.15 bits per heavy atom. The molecule has 0 spiro atoms. The number of alkyl halides is 3. The molecule has 5 heteroatoms. The van der Waals surface area contributed by atoms with Crippen LogP contribution in [0.15, 0.2) is 12.3 Å². The monoisotopic (exact) mass is 194 g/mol. The van der Waals surface area contributed by atoms with Crippen LogP contribution in [0.4, 0.5) is 13.2 Å². The van der Waals surface area contributed by atoms with Crippen molar-refractivity contribution in [2.24, 2.45) is 0 Å². The van der Waals surface area contributed by atoms with E-state index in [-0.39, 0.29) is 6.54 Å². The summed E-state index contributed by atoms with van der Waals surface area (Å²) >= 11 is 0. The molecule has 2 nitrogen and oxygen atoms in total. The number of nitrogens with zero attached hydrogens (tertiary/aromatic N) is 1. The second kappa shape index (κ2) is 4.00. The zero-order valence-electron chi connectivity index (χ0n) is 7.32. The van der Waals surface area contributed by atoms with Crippen LogP contribution in [-0.4, -0.2) is 37.3 Å². The summed E-state index contributed by atoms with van der Waals surface area (Å²) in [5.41, 5.74) is 0.799. The summed E-state index contributed by atoms with van der Waals surface area (Å²) in [4.78, 5) is 1.76. The molecule has 1 saturated heterocycles. The van der Waals surface area contributed by atoms with Gasteiger partial charge in [-0.15, -0.1) is 0 Å². The summed E-state index contributed by atoms with van der Waals surface area (Å²) < 4.78 is 35.5. The average molecular weight is 194 g/mol. The highest BCUT2D eigenvalue weighted by Crippen LogP contribution is 2.20. The highest BCUT2D eigenvalue weighted by atomic mass is 19.4. The van der Waals surface area contributed by atoms with Gasteiger partial charge in [-0.3, -0.25) is 4.90 Å². The lowest BCUT2D eigenvalue weighted by Crippen LogP contribution is -2.42. The number of rotatable bonds is 2. The fourth-order valence-electron chi connectivity index (χ4n) is 1.27. The van der Waals surface area contributed by atoms with Gasteiger partial charge in [0.25, 0.3) is 0 Å². The zero-order chi connectivity index (χ0) is 9.90. The fraction of sp³-hybridized carbons (Fsp3) is 0.750. The molecule has 0 aromatic heterocycles. The molecule has 1 aliphatic heterocycles. The molecule has 0 unspecified atom stereocenters. The van der Waals surface area contributed by atoms with Crippen molar-refractivity contribution in [1.29, 1.82) is 0 Å². The molecule has 1 aliphatic rings. The lowest BCUT2D eigenvalue weighted by molar-refractivity contribution is -0.137. The fourth-order valence-corrected chi connectivity index (χ4v) is 1.27. The molecule has 76 valence electrons. The maximum Gasteiger partial charge on any atom is 0.390 e. The van der Waals surface area contributed by atoms with Crippen LogP contribution in [0.25, 0.3) is 0 Å². The minimum Gasteiger partial charge on any atom is -0.386 e. The number of halogens is 3. The summed E-state index contributed by atoms with van der Waals surface area (Å²) in [5, 5.41) is 2.99. The number of piperazine rings is 1. The van der Waals surface area contributed by atoms with E-state index in [0.29, 0.717) is 19.6 Å². The van der Waals surface area contributed by atoms with Gasteiger partial charge in [-0.05, 0) is 0 Å². The van der Waals surface area contributed by atoms with Crippen molar-refractivity contribution in [3.63, 3.8) is 0 Å². The zero-order valence-corrected chi connectivity index (χ0v) is 7.32. The summed E-state index contributed by atoms with van der Waals surface area (Å²) in [6, 6.07) is 0. The first-order valence-electron chi connectivity index (χ1n) is 4.18. The highest BCUT2D eigenvalue weighted by Gasteiger charge is 2.28. The summed E-state index contributed by atoms with van der Waals surface area (Å²) in [5.74, 6) is 0. The smallest absolute Gasteiger partial charge is 0.386 e. The van der Waals surface area contributed by atoms with Crippen molar-refractivity contribution in [2.75, 3.05) is 26.2 Å². The highest BCUT2D eigenvalue weighted by molar-refractivity contribution is 4.98. The summed E-state index contributed by atoms with van der Waals surface area (Å²) in [6.07, 6.45) is -4.79. The maximum absolute atomic E-state index is 11.8. The predicted molar refractivity (Wildman–Crippen MR) is 44.3 cm³/mol. The van der Waals surface area contributed by atoms with Gasteiger partial charge in [0, 0.05) is 31.9 Å². The normalized spacial score (nSPS) is 20.1.